The second-order valence-electron chi connectivity index (χ2n) is 6.51. The van der Waals surface area contributed by atoms with Crippen molar-refractivity contribution in [3.63, 3.8) is 0 Å². The molecule has 0 spiro atoms. The van der Waals surface area contributed by atoms with Crippen molar-refractivity contribution in [2.24, 2.45) is 0 Å². The molecule has 0 aliphatic rings. The fourth-order valence-corrected chi connectivity index (χ4v) is 3.06. The Hall–Kier alpha value is -2.40. The lowest BCUT2D eigenvalue weighted by atomic mass is 10.1. The summed E-state index contributed by atoms with van der Waals surface area (Å²) in [5.41, 5.74) is 3.10. The van der Waals surface area contributed by atoms with E-state index in [-0.39, 0.29) is 11.9 Å². The summed E-state index contributed by atoms with van der Waals surface area (Å²) >= 11 is 6.02. The van der Waals surface area contributed by atoms with Gasteiger partial charge in [-0.15, -0.1) is 0 Å². The maximum atomic E-state index is 12.9. The molecule has 0 atom stereocenters. The normalized spacial score (nSPS) is 11.3. The van der Waals surface area contributed by atoms with Gasteiger partial charge in [0.25, 0.3) is 5.91 Å². The van der Waals surface area contributed by atoms with E-state index in [4.69, 9.17) is 11.6 Å². The number of carbonyl (C=O) groups is 1. The standard InChI is InChI=1S/C19H21ClN4O/c1-12(2)24-18-15(10-21-24)9-17(13(3)22-18)19(25)23(4)11-14-6-5-7-16(20)8-14/h5-10,12H,11H2,1-4H3. The number of fused-ring (bicyclic) bond motifs is 1. The van der Waals surface area contributed by atoms with Crippen molar-refractivity contribution in [1.29, 1.82) is 0 Å². The van der Waals surface area contributed by atoms with Crippen molar-refractivity contribution < 1.29 is 4.79 Å². The molecule has 6 heteroatoms. The van der Waals surface area contributed by atoms with Gasteiger partial charge in [-0.2, -0.15) is 5.10 Å². The van der Waals surface area contributed by atoms with Gasteiger partial charge < -0.3 is 4.90 Å². The van der Waals surface area contributed by atoms with Crippen LogP contribution in [0.2, 0.25) is 5.02 Å². The van der Waals surface area contributed by atoms with E-state index in [0.29, 0.717) is 22.8 Å². The number of hydrogen-bond donors (Lipinski definition) is 0. The van der Waals surface area contributed by atoms with Gasteiger partial charge in [-0.05, 0) is 44.5 Å². The molecular formula is C19H21ClN4O. The zero-order valence-electron chi connectivity index (χ0n) is 14.8. The van der Waals surface area contributed by atoms with E-state index in [1.807, 2.05) is 41.9 Å². The van der Waals surface area contributed by atoms with Crippen LogP contribution in [0.5, 0.6) is 0 Å². The molecule has 0 saturated carbocycles. The van der Waals surface area contributed by atoms with E-state index >= 15 is 0 Å². The number of halogens is 1. The molecular weight excluding hydrogens is 336 g/mol. The molecule has 0 bridgehead atoms. The van der Waals surface area contributed by atoms with Crippen LogP contribution in [0.25, 0.3) is 11.0 Å². The van der Waals surface area contributed by atoms with Crippen molar-refractivity contribution in [3.05, 3.63) is 58.4 Å². The molecule has 0 unspecified atom stereocenters. The van der Waals surface area contributed by atoms with E-state index in [1.165, 1.54) is 0 Å². The minimum absolute atomic E-state index is 0.0656. The summed E-state index contributed by atoms with van der Waals surface area (Å²) in [4.78, 5) is 19.2. The lowest BCUT2D eigenvalue weighted by Crippen LogP contribution is -2.27. The zero-order chi connectivity index (χ0) is 18.1. The van der Waals surface area contributed by atoms with Gasteiger partial charge in [0, 0.05) is 30.0 Å². The largest absolute Gasteiger partial charge is 0.337 e. The predicted octanol–water partition coefficient (Wildman–Crippen LogP) is 4.25. The molecule has 5 nitrogen and oxygen atoms in total. The highest BCUT2D eigenvalue weighted by molar-refractivity contribution is 6.30. The lowest BCUT2D eigenvalue weighted by molar-refractivity contribution is 0.0784. The highest BCUT2D eigenvalue weighted by Gasteiger charge is 2.18. The SMILES string of the molecule is Cc1nc2c(cnn2C(C)C)cc1C(=O)N(C)Cc1cccc(Cl)c1. The molecule has 1 aromatic carbocycles. The average molecular weight is 357 g/mol. The van der Waals surface area contributed by atoms with E-state index in [9.17, 15) is 4.79 Å². The van der Waals surface area contributed by atoms with Crippen LogP contribution >= 0.6 is 11.6 Å². The van der Waals surface area contributed by atoms with Crippen LogP contribution in [-0.4, -0.2) is 32.6 Å². The van der Waals surface area contributed by atoms with Crippen LogP contribution in [-0.2, 0) is 6.54 Å². The number of carbonyl (C=O) groups excluding carboxylic acids is 1. The summed E-state index contributed by atoms with van der Waals surface area (Å²) in [7, 11) is 1.78. The first-order valence-electron chi connectivity index (χ1n) is 8.21. The maximum Gasteiger partial charge on any atom is 0.255 e. The molecule has 130 valence electrons. The second kappa shape index (κ2) is 6.84. The lowest BCUT2D eigenvalue weighted by Gasteiger charge is -2.18. The number of amides is 1. The van der Waals surface area contributed by atoms with Crippen molar-refractivity contribution in [1.82, 2.24) is 19.7 Å². The van der Waals surface area contributed by atoms with E-state index < -0.39 is 0 Å². The predicted molar refractivity (Wildman–Crippen MR) is 99.9 cm³/mol. The third kappa shape index (κ3) is 3.51. The van der Waals surface area contributed by atoms with Crippen LogP contribution < -0.4 is 0 Å². The van der Waals surface area contributed by atoms with E-state index in [2.05, 4.69) is 23.9 Å². The molecule has 0 aliphatic carbocycles. The summed E-state index contributed by atoms with van der Waals surface area (Å²) < 4.78 is 1.87. The third-order valence-electron chi connectivity index (χ3n) is 4.13. The van der Waals surface area contributed by atoms with Crippen LogP contribution in [0.15, 0.2) is 36.5 Å². The Labute approximate surface area is 152 Å². The highest BCUT2D eigenvalue weighted by atomic mass is 35.5. The Kier molecular flexibility index (Phi) is 4.77. The third-order valence-corrected chi connectivity index (χ3v) is 4.37. The summed E-state index contributed by atoms with van der Waals surface area (Å²) in [6, 6.07) is 9.62. The number of aryl methyl sites for hydroxylation is 1. The first kappa shape index (κ1) is 17.4. The van der Waals surface area contributed by atoms with Crippen molar-refractivity contribution in [2.75, 3.05) is 7.05 Å². The van der Waals surface area contributed by atoms with Crippen molar-refractivity contribution in [3.8, 4) is 0 Å². The molecule has 2 heterocycles. The van der Waals surface area contributed by atoms with Crippen LogP contribution in [0.1, 0.15) is 41.5 Å². The van der Waals surface area contributed by atoms with Gasteiger partial charge in [-0.25, -0.2) is 9.67 Å². The minimum Gasteiger partial charge on any atom is -0.337 e. The molecule has 0 N–H and O–H groups in total. The summed E-state index contributed by atoms with van der Waals surface area (Å²) in [6.45, 7) is 6.46. The van der Waals surface area contributed by atoms with Crippen molar-refractivity contribution >= 4 is 28.5 Å². The smallest absolute Gasteiger partial charge is 0.255 e. The van der Waals surface area contributed by atoms with E-state index in [1.54, 1.807) is 18.1 Å². The quantitative estimate of drug-likeness (QED) is 0.702. The fraction of sp³-hybridized carbons (Fsp3) is 0.316. The van der Waals surface area contributed by atoms with Crippen LogP contribution in [0, 0.1) is 6.92 Å². The molecule has 1 amide bonds. The molecule has 0 aliphatic heterocycles. The Morgan fingerprint density at radius 2 is 2.08 bits per heavy atom. The van der Waals surface area contributed by atoms with Gasteiger partial charge in [0.1, 0.15) is 0 Å². The Morgan fingerprint density at radius 3 is 2.76 bits per heavy atom. The molecule has 25 heavy (non-hydrogen) atoms. The summed E-state index contributed by atoms with van der Waals surface area (Å²) in [5, 5.41) is 5.91. The number of benzene rings is 1. The number of aromatic nitrogens is 3. The molecule has 3 aromatic rings. The minimum atomic E-state index is -0.0656. The van der Waals surface area contributed by atoms with Gasteiger partial charge >= 0.3 is 0 Å². The number of rotatable bonds is 4. The van der Waals surface area contributed by atoms with E-state index in [0.717, 1.165) is 16.6 Å². The second-order valence-corrected chi connectivity index (χ2v) is 6.94. The van der Waals surface area contributed by atoms with Gasteiger partial charge in [0.15, 0.2) is 5.65 Å². The Morgan fingerprint density at radius 1 is 1.32 bits per heavy atom. The van der Waals surface area contributed by atoms with Gasteiger partial charge in [-0.3, -0.25) is 4.79 Å². The summed E-state index contributed by atoms with van der Waals surface area (Å²) in [6.07, 6.45) is 1.76. The number of hydrogen-bond acceptors (Lipinski definition) is 3. The Bertz CT molecular complexity index is 932. The highest BCUT2D eigenvalue weighted by Crippen LogP contribution is 2.21. The first-order chi connectivity index (χ1) is 11.9. The topological polar surface area (TPSA) is 51.0 Å². The number of nitrogens with zero attached hydrogens (tertiary/aromatic N) is 4. The van der Waals surface area contributed by atoms with Crippen LogP contribution in [0.4, 0.5) is 0 Å². The first-order valence-corrected chi connectivity index (χ1v) is 8.59. The molecule has 2 aromatic heterocycles. The molecule has 3 rings (SSSR count). The van der Waals surface area contributed by atoms with Crippen molar-refractivity contribution in [2.45, 2.75) is 33.4 Å². The molecule has 0 fully saturated rings. The maximum absolute atomic E-state index is 12.9. The molecule has 0 radical (unpaired) electrons. The van der Waals surface area contributed by atoms with Gasteiger partial charge in [-0.1, -0.05) is 23.7 Å². The monoisotopic (exact) mass is 356 g/mol. The van der Waals surface area contributed by atoms with Crippen LogP contribution in [0.3, 0.4) is 0 Å². The van der Waals surface area contributed by atoms with Gasteiger partial charge in [0.2, 0.25) is 0 Å². The Balaban J connectivity index is 1.90. The number of pyridine rings is 1. The zero-order valence-corrected chi connectivity index (χ0v) is 15.6. The fourth-order valence-electron chi connectivity index (χ4n) is 2.85. The summed E-state index contributed by atoms with van der Waals surface area (Å²) in [5.74, 6) is -0.0656. The average Bonchev–Trinajstić information content (AvgIpc) is 2.96. The van der Waals surface area contributed by atoms with Gasteiger partial charge in [0.05, 0.1) is 17.5 Å². The molecule has 0 saturated heterocycles.